The molecule has 0 aliphatic carbocycles. The highest BCUT2D eigenvalue weighted by Gasteiger charge is 2.53. The van der Waals surface area contributed by atoms with Gasteiger partial charge in [0.2, 0.25) is 5.91 Å². The quantitative estimate of drug-likeness (QED) is 0.917. The molecule has 2 saturated heterocycles. The molecule has 1 aromatic carbocycles. The van der Waals surface area contributed by atoms with Gasteiger partial charge in [0.1, 0.15) is 5.54 Å². The fourth-order valence-corrected chi connectivity index (χ4v) is 4.15. The second-order valence-corrected chi connectivity index (χ2v) is 7.63. The summed E-state index contributed by atoms with van der Waals surface area (Å²) in [4.78, 5) is 29.7. The fraction of sp³-hybridized carbons (Fsp3) is 0.600. The molecule has 1 N–H and O–H groups in total. The molecule has 0 aromatic heterocycles. The van der Waals surface area contributed by atoms with Gasteiger partial charge in [0.25, 0.3) is 0 Å². The van der Waals surface area contributed by atoms with E-state index in [4.69, 9.17) is 0 Å². The lowest BCUT2D eigenvalue weighted by molar-refractivity contribution is -0.147. The van der Waals surface area contributed by atoms with Crippen LogP contribution in [0.3, 0.4) is 0 Å². The van der Waals surface area contributed by atoms with Crippen LogP contribution in [0.15, 0.2) is 24.3 Å². The monoisotopic (exact) mass is 343 g/mol. The van der Waals surface area contributed by atoms with Crippen LogP contribution >= 0.6 is 0 Å². The van der Waals surface area contributed by atoms with E-state index in [9.17, 15) is 9.59 Å². The number of urea groups is 1. The minimum absolute atomic E-state index is 0.114. The number of nitrogens with zero attached hydrogens (tertiary/aromatic N) is 2. The molecule has 0 bridgehead atoms. The van der Waals surface area contributed by atoms with E-state index in [2.05, 4.69) is 5.32 Å². The molecule has 0 saturated carbocycles. The molecule has 1 atom stereocenters. The van der Waals surface area contributed by atoms with Crippen LogP contribution in [-0.4, -0.2) is 46.4 Å². The number of hydrogen-bond donors (Lipinski definition) is 1. The standard InChI is InChI=1S/C20H29N3O2/c1-15(2)22-12-4-10-20(18(22)24)11-5-13-23(20)19(25)21-14-17-8-6-16(3)7-9-17/h6-9,15H,4-5,10-14H2,1-3H3,(H,21,25). The minimum atomic E-state index is -0.625. The van der Waals surface area contributed by atoms with Crippen molar-refractivity contribution in [2.75, 3.05) is 13.1 Å². The van der Waals surface area contributed by atoms with Crippen LogP contribution in [0.25, 0.3) is 0 Å². The Hall–Kier alpha value is -2.04. The molecule has 3 amide bonds. The maximum Gasteiger partial charge on any atom is 0.318 e. The third kappa shape index (κ3) is 3.37. The van der Waals surface area contributed by atoms with Gasteiger partial charge in [0, 0.05) is 25.7 Å². The van der Waals surface area contributed by atoms with E-state index in [-0.39, 0.29) is 18.0 Å². The highest BCUT2D eigenvalue weighted by Crippen LogP contribution is 2.38. The van der Waals surface area contributed by atoms with Gasteiger partial charge < -0.3 is 15.1 Å². The number of hydrogen-bond acceptors (Lipinski definition) is 2. The van der Waals surface area contributed by atoms with E-state index < -0.39 is 5.54 Å². The predicted molar refractivity (Wildman–Crippen MR) is 98.2 cm³/mol. The summed E-state index contributed by atoms with van der Waals surface area (Å²) in [6, 6.07) is 8.22. The van der Waals surface area contributed by atoms with Crippen molar-refractivity contribution in [2.24, 2.45) is 0 Å². The summed E-state index contributed by atoms with van der Waals surface area (Å²) in [5.41, 5.74) is 1.65. The van der Waals surface area contributed by atoms with Gasteiger partial charge in [0.05, 0.1) is 0 Å². The summed E-state index contributed by atoms with van der Waals surface area (Å²) < 4.78 is 0. The van der Waals surface area contributed by atoms with E-state index in [1.165, 1.54) is 5.56 Å². The van der Waals surface area contributed by atoms with E-state index in [0.717, 1.165) is 37.8 Å². The number of rotatable bonds is 3. The number of nitrogens with one attached hydrogen (secondary N) is 1. The molecular weight excluding hydrogens is 314 g/mol. The van der Waals surface area contributed by atoms with Crippen LogP contribution in [0.4, 0.5) is 4.79 Å². The maximum atomic E-state index is 13.1. The molecular formula is C20H29N3O2. The van der Waals surface area contributed by atoms with Crippen LogP contribution in [0, 0.1) is 6.92 Å². The summed E-state index contributed by atoms with van der Waals surface area (Å²) in [7, 11) is 0. The molecule has 2 aliphatic heterocycles. The van der Waals surface area contributed by atoms with E-state index in [1.54, 1.807) is 4.90 Å². The number of aryl methyl sites for hydroxylation is 1. The molecule has 2 fully saturated rings. The number of amides is 3. The first kappa shape index (κ1) is 17.8. The van der Waals surface area contributed by atoms with Crippen molar-refractivity contribution >= 4 is 11.9 Å². The van der Waals surface area contributed by atoms with Crippen LogP contribution in [0.2, 0.25) is 0 Å². The molecule has 0 radical (unpaired) electrons. The Balaban J connectivity index is 1.71. The van der Waals surface area contributed by atoms with Crippen molar-refractivity contribution in [1.29, 1.82) is 0 Å². The van der Waals surface area contributed by atoms with Crippen molar-refractivity contribution in [3.05, 3.63) is 35.4 Å². The Morgan fingerprint density at radius 1 is 1.16 bits per heavy atom. The largest absolute Gasteiger partial charge is 0.338 e. The Labute approximate surface area is 150 Å². The minimum Gasteiger partial charge on any atom is -0.338 e. The summed E-state index contributed by atoms with van der Waals surface area (Å²) in [5, 5.41) is 3.01. The molecule has 3 rings (SSSR count). The van der Waals surface area contributed by atoms with Gasteiger partial charge in [-0.3, -0.25) is 4.79 Å². The molecule has 5 heteroatoms. The van der Waals surface area contributed by atoms with Crippen LogP contribution < -0.4 is 5.32 Å². The lowest BCUT2D eigenvalue weighted by Gasteiger charge is -2.45. The second-order valence-electron chi connectivity index (χ2n) is 7.63. The SMILES string of the molecule is Cc1ccc(CNC(=O)N2CCCC23CCCN(C(C)C)C3=O)cc1. The average Bonchev–Trinajstić information content (AvgIpc) is 3.01. The number of benzene rings is 1. The molecule has 1 spiro atoms. The molecule has 136 valence electrons. The summed E-state index contributed by atoms with van der Waals surface area (Å²) in [6.45, 7) is 8.11. The van der Waals surface area contributed by atoms with Gasteiger partial charge in [-0.25, -0.2) is 4.79 Å². The van der Waals surface area contributed by atoms with Crippen molar-refractivity contribution in [1.82, 2.24) is 15.1 Å². The van der Waals surface area contributed by atoms with Gasteiger partial charge in [-0.2, -0.15) is 0 Å². The molecule has 1 aromatic rings. The summed E-state index contributed by atoms with van der Waals surface area (Å²) in [6.07, 6.45) is 3.43. The van der Waals surface area contributed by atoms with Crippen LogP contribution in [-0.2, 0) is 11.3 Å². The lowest BCUT2D eigenvalue weighted by atomic mass is 9.85. The predicted octanol–water partition coefficient (Wildman–Crippen LogP) is 3.07. The maximum absolute atomic E-state index is 13.1. The molecule has 25 heavy (non-hydrogen) atoms. The Morgan fingerprint density at radius 2 is 1.80 bits per heavy atom. The summed E-state index contributed by atoms with van der Waals surface area (Å²) in [5.74, 6) is 0.136. The van der Waals surface area contributed by atoms with Gasteiger partial charge in [0.15, 0.2) is 0 Å². The molecule has 2 aliphatic rings. The fourth-order valence-electron chi connectivity index (χ4n) is 4.15. The van der Waals surface area contributed by atoms with Crippen molar-refractivity contribution in [2.45, 2.75) is 64.6 Å². The third-order valence-corrected chi connectivity index (χ3v) is 5.57. The zero-order valence-electron chi connectivity index (χ0n) is 15.5. The summed E-state index contributed by atoms with van der Waals surface area (Å²) >= 11 is 0. The number of piperidine rings is 1. The van der Waals surface area contributed by atoms with E-state index >= 15 is 0 Å². The van der Waals surface area contributed by atoms with Gasteiger partial charge in [-0.1, -0.05) is 29.8 Å². The zero-order chi connectivity index (χ0) is 18.0. The topological polar surface area (TPSA) is 52.7 Å². The van der Waals surface area contributed by atoms with Crippen molar-refractivity contribution < 1.29 is 9.59 Å². The zero-order valence-corrected chi connectivity index (χ0v) is 15.5. The van der Waals surface area contributed by atoms with Crippen molar-refractivity contribution in [3.8, 4) is 0 Å². The first-order chi connectivity index (χ1) is 11.9. The Morgan fingerprint density at radius 3 is 2.44 bits per heavy atom. The highest BCUT2D eigenvalue weighted by atomic mass is 16.2. The van der Waals surface area contributed by atoms with Gasteiger partial charge in [-0.05, 0) is 52.0 Å². The lowest BCUT2D eigenvalue weighted by Crippen LogP contribution is -2.63. The van der Waals surface area contributed by atoms with Crippen molar-refractivity contribution in [3.63, 3.8) is 0 Å². The van der Waals surface area contributed by atoms with E-state index in [0.29, 0.717) is 13.1 Å². The highest BCUT2D eigenvalue weighted by molar-refractivity contribution is 5.92. The van der Waals surface area contributed by atoms with Gasteiger partial charge in [-0.15, -0.1) is 0 Å². The Bertz CT molecular complexity index is 641. The molecule has 1 unspecified atom stereocenters. The first-order valence-corrected chi connectivity index (χ1v) is 9.36. The Kier molecular flexibility index (Phi) is 5.02. The number of likely N-dealkylation sites (tertiary alicyclic amines) is 2. The van der Waals surface area contributed by atoms with Crippen LogP contribution in [0.5, 0.6) is 0 Å². The molecule has 5 nitrogen and oxygen atoms in total. The number of carbonyl (C=O) groups excluding carboxylic acids is 2. The smallest absolute Gasteiger partial charge is 0.318 e. The normalized spacial score (nSPS) is 23.6. The van der Waals surface area contributed by atoms with Crippen LogP contribution in [0.1, 0.15) is 50.7 Å². The number of carbonyl (C=O) groups is 2. The van der Waals surface area contributed by atoms with Gasteiger partial charge >= 0.3 is 6.03 Å². The first-order valence-electron chi connectivity index (χ1n) is 9.36. The second kappa shape index (κ2) is 7.06. The molecule has 2 heterocycles. The average molecular weight is 343 g/mol. The van der Waals surface area contributed by atoms with E-state index in [1.807, 2.05) is 49.9 Å². The third-order valence-electron chi connectivity index (χ3n) is 5.57.